The number of H-pyrrole nitrogens is 1. The minimum atomic E-state index is 0.0752. The zero-order valence-corrected chi connectivity index (χ0v) is 14.2. The summed E-state index contributed by atoms with van der Waals surface area (Å²) in [6, 6.07) is 4.31. The van der Waals surface area contributed by atoms with Crippen LogP contribution in [-0.2, 0) is 4.79 Å². The highest BCUT2D eigenvalue weighted by Crippen LogP contribution is 2.25. The smallest absolute Gasteiger partial charge is 0.230 e. The lowest BCUT2D eigenvalue weighted by Crippen LogP contribution is -2.41. The standard InChI is InChI=1S/C15H20N4OS2/c1-10-5-2-3-6-11(10)16-13(20)9-22-15-17-14(18-19-15)12-7-4-8-21-12/h4,7-8,10-11H,2-3,5-6,9H2,1H3,(H,16,20)(H,17,18,19)/t10-,11+/m0/s1. The lowest BCUT2D eigenvalue weighted by atomic mass is 9.86. The highest BCUT2D eigenvalue weighted by molar-refractivity contribution is 7.99. The topological polar surface area (TPSA) is 70.7 Å². The fraction of sp³-hybridized carbons (Fsp3) is 0.533. The van der Waals surface area contributed by atoms with Crippen LogP contribution in [0.15, 0.2) is 22.7 Å². The molecule has 1 aliphatic rings. The molecule has 1 aliphatic carbocycles. The number of nitrogens with zero attached hydrogens (tertiary/aromatic N) is 2. The number of aromatic nitrogens is 3. The van der Waals surface area contributed by atoms with Crippen molar-refractivity contribution in [2.75, 3.05) is 5.75 Å². The summed E-state index contributed by atoms with van der Waals surface area (Å²) in [5.74, 6) is 1.78. The number of amides is 1. The van der Waals surface area contributed by atoms with E-state index in [0.717, 1.165) is 17.1 Å². The van der Waals surface area contributed by atoms with Crippen molar-refractivity contribution in [1.29, 1.82) is 0 Å². The second kappa shape index (κ2) is 7.28. The molecule has 2 atom stereocenters. The Morgan fingerprint density at radius 1 is 1.50 bits per heavy atom. The predicted octanol–water partition coefficient (Wildman–Crippen LogP) is 3.32. The number of rotatable bonds is 5. The lowest BCUT2D eigenvalue weighted by Gasteiger charge is -2.29. The van der Waals surface area contributed by atoms with Gasteiger partial charge in [-0.15, -0.1) is 16.4 Å². The maximum Gasteiger partial charge on any atom is 0.230 e. The van der Waals surface area contributed by atoms with E-state index in [1.807, 2.05) is 17.5 Å². The maximum atomic E-state index is 12.1. The highest BCUT2D eigenvalue weighted by Gasteiger charge is 2.22. The van der Waals surface area contributed by atoms with Gasteiger partial charge in [0.25, 0.3) is 0 Å². The molecule has 118 valence electrons. The molecule has 1 fully saturated rings. The molecule has 3 rings (SSSR count). The first-order chi connectivity index (χ1) is 10.7. The summed E-state index contributed by atoms with van der Waals surface area (Å²) in [5, 5.41) is 12.9. The van der Waals surface area contributed by atoms with Gasteiger partial charge < -0.3 is 5.32 Å². The zero-order valence-electron chi connectivity index (χ0n) is 12.5. The van der Waals surface area contributed by atoms with Crippen LogP contribution in [0.2, 0.25) is 0 Å². The molecular weight excluding hydrogens is 316 g/mol. The van der Waals surface area contributed by atoms with Crippen LogP contribution in [0.5, 0.6) is 0 Å². The number of carbonyl (C=O) groups excluding carboxylic acids is 1. The number of thiophene rings is 1. The van der Waals surface area contributed by atoms with Crippen molar-refractivity contribution in [3.63, 3.8) is 0 Å². The third-order valence-electron chi connectivity index (χ3n) is 4.01. The third-order valence-corrected chi connectivity index (χ3v) is 5.73. The van der Waals surface area contributed by atoms with Crippen molar-refractivity contribution in [2.24, 2.45) is 5.92 Å². The minimum absolute atomic E-state index is 0.0752. The van der Waals surface area contributed by atoms with Crippen molar-refractivity contribution in [3.05, 3.63) is 17.5 Å². The Kier molecular flexibility index (Phi) is 5.15. The monoisotopic (exact) mass is 336 g/mol. The van der Waals surface area contributed by atoms with E-state index < -0.39 is 0 Å². The van der Waals surface area contributed by atoms with Gasteiger partial charge in [-0.1, -0.05) is 37.6 Å². The number of hydrogen-bond acceptors (Lipinski definition) is 5. The van der Waals surface area contributed by atoms with Crippen LogP contribution in [0, 0.1) is 5.92 Å². The number of carbonyl (C=O) groups is 1. The zero-order chi connectivity index (χ0) is 15.4. The molecule has 22 heavy (non-hydrogen) atoms. The fourth-order valence-electron chi connectivity index (χ4n) is 2.74. The van der Waals surface area contributed by atoms with E-state index in [1.165, 1.54) is 31.0 Å². The molecule has 2 aromatic heterocycles. The number of nitrogens with one attached hydrogen (secondary N) is 2. The van der Waals surface area contributed by atoms with Gasteiger partial charge in [-0.3, -0.25) is 9.89 Å². The lowest BCUT2D eigenvalue weighted by molar-refractivity contribution is -0.119. The minimum Gasteiger partial charge on any atom is -0.352 e. The van der Waals surface area contributed by atoms with E-state index in [2.05, 4.69) is 27.4 Å². The summed E-state index contributed by atoms with van der Waals surface area (Å²) in [5.41, 5.74) is 0. The second-order valence-corrected chi connectivity index (χ2v) is 7.56. The van der Waals surface area contributed by atoms with Gasteiger partial charge in [0.2, 0.25) is 11.1 Å². The highest BCUT2D eigenvalue weighted by atomic mass is 32.2. The van der Waals surface area contributed by atoms with Crippen LogP contribution in [0.4, 0.5) is 0 Å². The van der Waals surface area contributed by atoms with Crippen molar-refractivity contribution in [3.8, 4) is 10.7 Å². The molecule has 0 bridgehead atoms. The molecule has 2 aromatic rings. The Morgan fingerprint density at radius 2 is 2.36 bits per heavy atom. The van der Waals surface area contributed by atoms with Gasteiger partial charge in [-0.25, -0.2) is 4.98 Å². The van der Waals surface area contributed by atoms with Gasteiger partial charge in [0, 0.05) is 6.04 Å². The van der Waals surface area contributed by atoms with Crippen LogP contribution in [0.1, 0.15) is 32.6 Å². The van der Waals surface area contributed by atoms with E-state index in [-0.39, 0.29) is 5.91 Å². The summed E-state index contributed by atoms with van der Waals surface area (Å²) in [6.45, 7) is 2.22. The quantitative estimate of drug-likeness (QED) is 0.822. The molecule has 0 aliphatic heterocycles. The average Bonchev–Trinajstić information content (AvgIpc) is 3.18. The number of hydrogen-bond donors (Lipinski definition) is 2. The summed E-state index contributed by atoms with van der Waals surface area (Å²) >= 11 is 2.99. The summed E-state index contributed by atoms with van der Waals surface area (Å²) < 4.78 is 0. The van der Waals surface area contributed by atoms with E-state index >= 15 is 0 Å². The Hall–Kier alpha value is -1.34. The summed E-state index contributed by atoms with van der Waals surface area (Å²) in [4.78, 5) is 17.5. The SMILES string of the molecule is C[C@H]1CCCC[C@H]1NC(=O)CSc1n[nH]c(-c2cccs2)n1. The normalized spacial score (nSPS) is 21.7. The Balaban J connectivity index is 1.49. The molecule has 0 aromatic carbocycles. The van der Waals surface area contributed by atoms with Crippen molar-refractivity contribution < 1.29 is 4.79 Å². The average molecular weight is 336 g/mol. The van der Waals surface area contributed by atoms with E-state index in [4.69, 9.17) is 0 Å². The van der Waals surface area contributed by atoms with Crippen molar-refractivity contribution in [2.45, 2.75) is 43.8 Å². The third kappa shape index (κ3) is 3.89. The Labute approximate surface area is 138 Å². The molecule has 2 N–H and O–H groups in total. The molecule has 0 spiro atoms. The van der Waals surface area contributed by atoms with Gasteiger partial charge in [-0.05, 0) is 30.2 Å². The van der Waals surface area contributed by atoms with E-state index in [0.29, 0.717) is 22.9 Å². The molecule has 0 radical (unpaired) electrons. The largest absolute Gasteiger partial charge is 0.352 e. The van der Waals surface area contributed by atoms with Gasteiger partial charge in [0.1, 0.15) is 0 Å². The first-order valence-electron chi connectivity index (χ1n) is 7.61. The van der Waals surface area contributed by atoms with Crippen LogP contribution >= 0.6 is 23.1 Å². The van der Waals surface area contributed by atoms with Crippen molar-refractivity contribution in [1.82, 2.24) is 20.5 Å². The van der Waals surface area contributed by atoms with Crippen LogP contribution < -0.4 is 5.32 Å². The van der Waals surface area contributed by atoms with Crippen LogP contribution in [-0.4, -0.2) is 32.9 Å². The molecule has 2 heterocycles. The molecule has 1 saturated carbocycles. The molecular formula is C15H20N4OS2. The molecule has 5 nitrogen and oxygen atoms in total. The van der Waals surface area contributed by atoms with Gasteiger partial charge in [-0.2, -0.15) is 0 Å². The van der Waals surface area contributed by atoms with Crippen molar-refractivity contribution >= 4 is 29.0 Å². The van der Waals surface area contributed by atoms with Gasteiger partial charge in [0.15, 0.2) is 5.82 Å². The predicted molar refractivity (Wildman–Crippen MR) is 90.0 cm³/mol. The first kappa shape index (κ1) is 15.6. The molecule has 1 amide bonds. The Morgan fingerprint density at radius 3 is 3.14 bits per heavy atom. The molecule has 0 unspecified atom stereocenters. The Bertz CT molecular complexity index is 611. The van der Waals surface area contributed by atoms with Crippen LogP contribution in [0.25, 0.3) is 10.7 Å². The molecule has 7 heteroatoms. The van der Waals surface area contributed by atoms with E-state index in [1.54, 1.807) is 11.3 Å². The van der Waals surface area contributed by atoms with Gasteiger partial charge >= 0.3 is 0 Å². The maximum absolute atomic E-state index is 12.1. The fourth-order valence-corrected chi connectivity index (χ4v) is 4.02. The van der Waals surface area contributed by atoms with Crippen LogP contribution in [0.3, 0.4) is 0 Å². The second-order valence-electron chi connectivity index (χ2n) is 5.67. The van der Waals surface area contributed by atoms with E-state index in [9.17, 15) is 4.79 Å². The number of aromatic amines is 1. The first-order valence-corrected chi connectivity index (χ1v) is 9.47. The number of thioether (sulfide) groups is 1. The molecule has 0 saturated heterocycles. The van der Waals surface area contributed by atoms with Gasteiger partial charge in [0.05, 0.1) is 10.6 Å². The summed E-state index contributed by atoms with van der Waals surface area (Å²) in [6.07, 6.45) is 4.81. The summed E-state index contributed by atoms with van der Waals surface area (Å²) in [7, 11) is 0.